The summed E-state index contributed by atoms with van der Waals surface area (Å²) in [4.78, 5) is 26.7. The molecule has 0 aromatic rings. The summed E-state index contributed by atoms with van der Waals surface area (Å²) >= 11 is 0. The average molecular weight is 340 g/mol. The van der Waals surface area contributed by atoms with Crippen molar-refractivity contribution in [3.8, 4) is 0 Å². The topological polar surface area (TPSA) is 120 Å². The van der Waals surface area contributed by atoms with Crippen LogP contribution in [-0.4, -0.2) is 39.9 Å². The monoisotopic (exact) mass is 341 g/mol. The van der Waals surface area contributed by atoms with E-state index in [1.807, 2.05) is 14.1 Å². The minimum absolute atomic E-state index is 0. The Balaban J connectivity index is -0.0000000412. The smallest absolute Gasteiger partial charge is 0.550 e. The Morgan fingerprint density at radius 3 is 1.11 bits per heavy atom. The van der Waals surface area contributed by atoms with Crippen LogP contribution in [0.2, 0.25) is 6.32 Å². The first-order valence-corrected chi connectivity index (χ1v) is 4.51. The number of carboxylic acids is 3. The van der Waals surface area contributed by atoms with Crippen LogP contribution >= 0.6 is 0 Å². The van der Waals surface area contributed by atoms with Gasteiger partial charge in [-0.25, -0.2) is 0 Å². The van der Waals surface area contributed by atoms with Crippen molar-refractivity contribution < 1.29 is 49.2 Å². The Hall–Kier alpha value is -0.772. The van der Waals surface area contributed by atoms with E-state index in [4.69, 9.17) is 37.4 Å². The van der Waals surface area contributed by atoms with Gasteiger partial charge in [0, 0.05) is 32.7 Å². The molecule has 10 heteroatoms. The van der Waals surface area contributed by atoms with Gasteiger partial charge in [-0.3, -0.25) is 0 Å². The van der Waals surface area contributed by atoms with Crippen LogP contribution in [-0.2, 0) is 33.9 Å². The summed E-state index contributed by atoms with van der Waals surface area (Å²) in [6.07, 6.45) is 1.04. The summed E-state index contributed by atoms with van der Waals surface area (Å²) in [6.45, 7) is 4.96. The van der Waals surface area contributed by atoms with Gasteiger partial charge in [-0.05, 0) is 20.8 Å². The molecule has 5 radical (unpaired) electrons. The molecule has 0 bridgehead atoms. The second-order valence-electron chi connectivity index (χ2n) is 2.31. The van der Waals surface area contributed by atoms with Crippen LogP contribution in [0.1, 0.15) is 27.7 Å². The van der Waals surface area contributed by atoms with Gasteiger partial charge in [0.25, 0.3) is 0 Å². The minimum atomic E-state index is -1.08. The van der Waals surface area contributed by atoms with Crippen LogP contribution < -0.4 is 15.3 Å². The molecule has 0 unspecified atom stereocenters. The van der Waals surface area contributed by atoms with Crippen molar-refractivity contribution in [1.82, 2.24) is 0 Å². The van der Waals surface area contributed by atoms with Crippen LogP contribution in [0, 0.1) is 0 Å². The van der Waals surface area contributed by atoms with Gasteiger partial charge in [-0.15, -0.1) is 0 Å². The number of hydrogen-bond donors (Lipinski definition) is 0. The van der Waals surface area contributed by atoms with E-state index in [1.165, 1.54) is 0 Å². The predicted octanol–water partition coefficient (Wildman–Crippen LogP) is -3.90. The van der Waals surface area contributed by atoms with Crippen molar-refractivity contribution in [3.05, 3.63) is 0 Å². The van der Waals surface area contributed by atoms with Crippen LogP contribution in [0.4, 0.5) is 0 Å². The molecular weight excluding hydrogens is 326 g/mol. The largest absolute Gasteiger partial charge is 3.00 e. The molecule has 99 valence electrons. The van der Waals surface area contributed by atoms with E-state index < -0.39 is 17.9 Å². The summed E-state index contributed by atoms with van der Waals surface area (Å²) < 4.78 is 0. The van der Waals surface area contributed by atoms with Crippen molar-refractivity contribution in [2.75, 3.05) is 0 Å². The number of hydrogen-bond acceptors (Lipinski definition) is 6. The fourth-order valence-corrected chi connectivity index (χ4v) is 0.136. The predicted molar refractivity (Wildman–Crippen MR) is 59.8 cm³/mol. The first kappa shape index (κ1) is 30.3. The molecule has 0 fully saturated rings. The zero-order valence-corrected chi connectivity index (χ0v) is 12.5. The van der Waals surface area contributed by atoms with E-state index in [9.17, 15) is 0 Å². The van der Waals surface area contributed by atoms with Gasteiger partial charge >= 0.3 is 19.5 Å². The molecule has 0 spiro atoms. The molecule has 0 atom stereocenters. The fraction of sp³-hybridized carbons (Fsp3) is 0.625. The summed E-state index contributed by atoms with van der Waals surface area (Å²) in [5.74, 6) is -3.25. The molecule has 0 aromatic carbocycles. The molecule has 0 saturated heterocycles. The second kappa shape index (κ2) is 29.9. The maximum absolute atomic E-state index is 8.89. The van der Waals surface area contributed by atoms with E-state index in [0.29, 0.717) is 0 Å². The Bertz CT molecular complexity index is 161. The van der Waals surface area contributed by atoms with Gasteiger partial charge in [0.15, 0.2) is 0 Å². The number of carbonyl (C=O) groups excluding carboxylic acids is 3. The van der Waals surface area contributed by atoms with Crippen LogP contribution in [0.15, 0.2) is 0 Å². The molecule has 0 N–H and O–H groups in total. The van der Waals surface area contributed by atoms with Crippen molar-refractivity contribution in [2.45, 2.75) is 34.0 Å². The van der Waals surface area contributed by atoms with E-state index in [-0.39, 0.29) is 19.5 Å². The molecule has 0 heterocycles. The molecule has 0 aliphatic rings. The van der Waals surface area contributed by atoms with Gasteiger partial charge in [-0.1, -0.05) is 13.2 Å². The number of rotatable bonds is 2. The summed E-state index contributed by atoms with van der Waals surface area (Å²) in [6, 6.07) is 0. The van der Waals surface area contributed by atoms with E-state index in [1.54, 1.807) is 7.06 Å². The van der Waals surface area contributed by atoms with Crippen molar-refractivity contribution >= 4 is 39.9 Å². The standard InChI is InChI=1S/C2H5B3.3C2H4O2.Ru/c1-2-4-5-3;3*1-2(3)4;/h2H2,1H3;3*1H3,(H,3,4);/q;;;;+3/p-3. The Morgan fingerprint density at radius 2 is 1.11 bits per heavy atom. The average Bonchev–Trinajstić information content (AvgIpc) is 2.01. The molecule has 18 heavy (non-hydrogen) atoms. The Kier molecular flexibility index (Phi) is 50.3. The third kappa shape index (κ3) is 2040. The quantitative estimate of drug-likeness (QED) is 0.474. The first-order valence-electron chi connectivity index (χ1n) is 4.51. The number of carbonyl (C=O) groups is 3. The minimum Gasteiger partial charge on any atom is -0.550 e. The van der Waals surface area contributed by atoms with E-state index in [2.05, 4.69) is 0 Å². The maximum atomic E-state index is 8.89. The molecule has 0 aliphatic heterocycles. The van der Waals surface area contributed by atoms with Crippen LogP contribution in [0.25, 0.3) is 0 Å². The normalized spacial score (nSPS) is 6.00. The maximum Gasteiger partial charge on any atom is 3.00 e. The Morgan fingerprint density at radius 1 is 0.944 bits per heavy atom. The molecule has 0 saturated carbocycles. The molecule has 0 aromatic heterocycles. The zero-order chi connectivity index (χ0) is 14.9. The third-order valence-electron chi connectivity index (χ3n) is 0.372. The zero-order valence-electron chi connectivity index (χ0n) is 10.7. The SMILES string of the molecule is CC(=O)[O-].CC(=O)[O-].CC(=O)[O-].[B][B][B]CC.[Ru+3]. The van der Waals surface area contributed by atoms with E-state index in [0.717, 1.165) is 27.1 Å². The molecular formula is C8H14B3O6Ru. The Labute approximate surface area is 123 Å². The summed E-state index contributed by atoms with van der Waals surface area (Å²) in [7, 11) is 8.42. The van der Waals surface area contributed by atoms with Gasteiger partial charge in [0.2, 0.25) is 0 Å². The third-order valence-corrected chi connectivity index (χ3v) is 0.372. The molecule has 0 rings (SSSR count). The fourth-order valence-electron chi connectivity index (χ4n) is 0.136. The number of aliphatic carboxylic acids is 3. The molecule has 0 amide bonds. The van der Waals surface area contributed by atoms with E-state index >= 15 is 0 Å². The van der Waals surface area contributed by atoms with Gasteiger partial charge in [0.05, 0.1) is 7.17 Å². The second-order valence-corrected chi connectivity index (χ2v) is 2.31. The summed E-state index contributed by atoms with van der Waals surface area (Å²) in [5, 5.41) is 26.7. The van der Waals surface area contributed by atoms with Crippen molar-refractivity contribution in [3.63, 3.8) is 0 Å². The molecule has 6 nitrogen and oxygen atoms in total. The number of carboxylic acid groups (broad SMARTS) is 3. The van der Waals surface area contributed by atoms with Crippen LogP contribution in [0.5, 0.6) is 0 Å². The summed E-state index contributed by atoms with van der Waals surface area (Å²) in [5.41, 5.74) is 0. The first-order chi connectivity index (χ1) is 7.61. The van der Waals surface area contributed by atoms with Crippen molar-refractivity contribution in [1.29, 1.82) is 0 Å². The van der Waals surface area contributed by atoms with Crippen LogP contribution in [0.3, 0.4) is 0 Å². The van der Waals surface area contributed by atoms with Crippen molar-refractivity contribution in [2.24, 2.45) is 0 Å². The van der Waals surface area contributed by atoms with Gasteiger partial charge in [0.1, 0.15) is 0 Å². The van der Waals surface area contributed by atoms with Gasteiger partial charge < -0.3 is 29.7 Å². The molecule has 0 aliphatic carbocycles. The van der Waals surface area contributed by atoms with Gasteiger partial charge in [-0.2, -0.15) is 0 Å².